The van der Waals surface area contributed by atoms with Gasteiger partial charge < -0.3 is 9.47 Å². The van der Waals surface area contributed by atoms with Gasteiger partial charge in [0.15, 0.2) is 11.6 Å². The largest absolute Gasteiger partial charge is 0.486 e. The Morgan fingerprint density at radius 3 is 1.24 bits per heavy atom. The number of rotatable bonds is 15. The number of non-ortho nitro benzene ring substituents is 2. The van der Waals surface area contributed by atoms with Gasteiger partial charge in [0.1, 0.15) is 24.7 Å². The van der Waals surface area contributed by atoms with E-state index in [9.17, 15) is 20.2 Å². The van der Waals surface area contributed by atoms with Crippen LogP contribution in [0.4, 0.5) is 11.4 Å². The first-order valence-corrected chi connectivity index (χ1v) is 24.4. The number of nitrogens with zero attached hydrogens (tertiary/aromatic N) is 10. The molecule has 0 radical (unpaired) electrons. The molecule has 0 fully saturated rings. The van der Waals surface area contributed by atoms with E-state index in [4.69, 9.17) is 42.9 Å². The van der Waals surface area contributed by atoms with Gasteiger partial charge in [0.25, 0.3) is 11.4 Å². The Bertz CT molecular complexity index is 3020. The van der Waals surface area contributed by atoms with Gasteiger partial charge in [0, 0.05) is 57.7 Å². The first kappa shape index (κ1) is 46.4. The molecule has 20 heteroatoms. The monoisotopic (exact) mass is 1010 g/mol. The number of fused-ring (bicyclic) bond motifs is 2. The molecule has 2 aliphatic heterocycles. The molecule has 350 valence electrons. The third kappa shape index (κ3) is 10.7. The fourth-order valence-electron chi connectivity index (χ4n) is 7.85. The average molecular weight is 1010 g/mol. The number of hydrogen-bond donors (Lipinski definition) is 0. The van der Waals surface area contributed by atoms with Crippen molar-refractivity contribution in [3.63, 3.8) is 0 Å². The second-order valence-electron chi connectivity index (χ2n) is 16.2. The van der Waals surface area contributed by atoms with Crippen molar-refractivity contribution in [1.29, 1.82) is 0 Å². The highest BCUT2D eigenvalue weighted by atomic mass is 35.5. The van der Waals surface area contributed by atoms with E-state index in [2.05, 4.69) is 20.4 Å². The number of thioether (sulfide) groups is 2. The van der Waals surface area contributed by atoms with Crippen molar-refractivity contribution in [2.75, 3.05) is 0 Å². The molecule has 0 amide bonds. The zero-order valence-electron chi connectivity index (χ0n) is 36.7. The molecule has 70 heavy (non-hydrogen) atoms. The highest BCUT2D eigenvalue weighted by molar-refractivity contribution is 7.99. The van der Waals surface area contributed by atoms with Crippen molar-refractivity contribution in [3.05, 3.63) is 221 Å². The van der Waals surface area contributed by atoms with E-state index in [1.165, 1.54) is 47.8 Å². The minimum Gasteiger partial charge on any atom is -0.486 e. The van der Waals surface area contributed by atoms with Crippen LogP contribution in [0.2, 0.25) is 10.0 Å². The van der Waals surface area contributed by atoms with E-state index in [1.54, 1.807) is 33.6 Å². The highest BCUT2D eigenvalue weighted by Gasteiger charge is 2.29. The van der Waals surface area contributed by atoms with Gasteiger partial charge in [-0.25, -0.2) is 0 Å². The summed E-state index contributed by atoms with van der Waals surface area (Å²) in [6.45, 7) is 0.254. The summed E-state index contributed by atoms with van der Waals surface area (Å²) in [7, 11) is 0. The summed E-state index contributed by atoms with van der Waals surface area (Å²) in [5.74, 6) is 2.40. The number of aromatic nitrogens is 6. The second kappa shape index (κ2) is 20.7. The number of aryl methyl sites for hydroxylation is 2. The molecule has 10 rings (SSSR count). The third-order valence-corrected chi connectivity index (χ3v) is 14.5. The Kier molecular flexibility index (Phi) is 13.7. The molecule has 16 nitrogen and oxygen atoms in total. The normalized spacial score (nSPS) is 15.4. The van der Waals surface area contributed by atoms with Gasteiger partial charge in [-0.3, -0.25) is 20.2 Å². The van der Waals surface area contributed by atoms with Crippen LogP contribution in [0.5, 0.6) is 11.5 Å². The van der Waals surface area contributed by atoms with E-state index in [0.717, 1.165) is 57.6 Å². The minimum atomic E-state index is -0.408. The molecule has 0 saturated carbocycles. The standard InChI is InChI=1S/C50H38Cl2N10O6S2/c51-37-15-7-33(8-16-37)43-27-45(35-11-19-39(20-12-35)61(63)64)69-49-55-53-47(59(49)57-43)29-67-41-23-3-31(4-24-41)1-2-32-5-25-42(26-6-32)68-30-48-54-56-50-60(48)58-44(34-9-17-38(52)18-10-34)28-46(70-50)36-13-21-40(22-14-36)62(65)66/h3-26,45-46H,1-2,27-30H2. The van der Waals surface area contributed by atoms with Crippen LogP contribution in [-0.2, 0) is 26.1 Å². The lowest BCUT2D eigenvalue weighted by atomic mass is 10.0. The molecule has 2 atom stereocenters. The van der Waals surface area contributed by atoms with E-state index in [1.807, 2.05) is 97.1 Å². The van der Waals surface area contributed by atoms with Crippen LogP contribution in [-0.4, -0.2) is 51.0 Å². The smallest absolute Gasteiger partial charge is 0.269 e. The molecule has 0 bridgehead atoms. The Balaban J connectivity index is 0.759. The Morgan fingerprint density at radius 1 is 0.514 bits per heavy atom. The van der Waals surface area contributed by atoms with Gasteiger partial charge in [-0.2, -0.15) is 19.6 Å². The van der Waals surface area contributed by atoms with Gasteiger partial charge in [0.2, 0.25) is 10.3 Å². The lowest BCUT2D eigenvalue weighted by molar-refractivity contribution is -0.385. The van der Waals surface area contributed by atoms with Crippen LogP contribution >= 0.6 is 46.7 Å². The van der Waals surface area contributed by atoms with Gasteiger partial charge in [-0.1, -0.05) is 120 Å². The predicted molar refractivity (Wildman–Crippen MR) is 268 cm³/mol. The third-order valence-electron chi connectivity index (χ3n) is 11.6. The van der Waals surface area contributed by atoms with E-state index in [-0.39, 0.29) is 35.1 Å². The number of nitro groups is 2. The first-order chi connectivity index (χ1) is 34.1. The SMILES string of the molecule is O=[N+]([O-])c1ccc(C2CC(c3ccc(Cl)cc3)=Nn3c(COc4ccc(CCc5ccc(OCc6nnc7n6N=C(c6ccc(Cl)cc6)CC(c6ccc([N+](=O)[O-])cc6)S7)cc5)cc4)nnc3S2)cc1. The quantitative estimate of drug-likeness (QED) is 0.0698. The van der Waals surface area contributed by atoms with Crippen LogP contribution in [0.3, 0.4) is 0 Å². The average Bonchev–Trinajstić information content (AvgIpc) is 3.80. The lowest BCUT2D eigenvalue weighted by Crippen LogP contribution is -2.09. The van der Waals surface area contributed by atoms with Crippen LogP contribution in [0, 0.1) is 20.2 Å². The summed E-state index contributed by atoms with van der Waals surface area (Å²) < 4.78 is 15.8. The first-order valence-electron chi connectivity index (χ1n) is 21.9. The zero-order valence-corrected chi connectivity index (χ0v) is 39.9. The van der Waals surface area contributed by atoms with E-state index in [0.29, 0.717) is 56.3 Å². The number of halogens is 2. The van der Waals surface area contributed by atoms with Crippen molar-refractivity contribution in [1.82, 2.24) is 29.7 Å². The van der Waals surface area contributed by atoms with Gasteiger partial charge >= 0.3 is 0 Å². The van der Waals surface area contributed by atoms with Crippen molar-refractivity contribution >= 4 is 69.5 Å². The number of ether oxygens (including phenoxy) is 2. The van der Waals surface area contributed by atoms with Crippen molar-refractivity contribution in [3.8, 4) is 11.5 Å². The maximum atomic E-state index is 11.3. The van der Waals surface area contributed by atoms with Crippen LogP contribution in [0.15, 0.2) is 166 Å². The second-order valence-corrected chi connectivity index (χ2v) is 19.4. The predicted octanol–water partition coefficient (Wildman–Crippen LogP) is 11.9. The fourth-order valence-corrected chi connectivity index (χ4v) is 10.3. The van der Waals surface area contributed by atoms with Crippen LogP contribution in [0.1, 0.15) is 68.4 Å². The molecule has 2 aromatic heterocycles. The molecule has 4 heterocycles. The summed E-state index contributed by atoms with van der Waals surface area (Å²) in [5, 5.41) is 52.6. The molecular weight excluding hydrogens is 972 g/mol. The summed E-state index contributed by atoms with van der Waals surface area (Å²) in [6, 6.07) is 44.0. The maximum Gasteiger partial charge on any atom is 0.269 e. The summed E-state index contributed by atoms with van der Waals surface area (Å²) >= 11 is 15.4. The summed E-state index contributed by atoms with van der Waals surface area (Å²) in [5.41, 5.74) is 7.53. The van der Waals surface area contributed by atoms with E-state index >= 15 is 0 Å². The maximum absolute atomic E-state index is 11.3. The van der Waals surface area contributed by atoms with E-state index < -0.39 is 9.85 Å². The Hall–Kier alpha value is -7.38. The number of hydrogen-bond acceptors (Lipinski definition) is 14. The highest BCUT2D eigenvalue weighted by Crippen LogP contribution is 2.42. The fraction of sp³-hybridized carbons (Fsp3) is 0.160. The van der Waals surface area contributed by atoms with Crippen molar-refractivity contribution in [2.45, 2.75) is 59.7 Å². The molecular formula is C50H38Cl2N10O6S2. The van der Waals surface area contributed by atoms with Crippen LogP contribution < -0.4 is 9.47 Å². The molecule has 8 aromatic rings. The lowest BCUT2D eigenvalue weighted by Gasteiger charge is -2.14. The summed E-state index contributed by atoms with van der Waals surface area (Å²) in [4.78, 5) is 21.8. The van der Waals surface area contributed by atoms with Crippen molar-refractivity contribution < 1.29 is 19.3 Å². The van der Waals surface area contributed by atoms with Gasteiger partial charge in [-0.05, 0) is 94.8 Å². The van der Waals surface area contributed by atoms with Crippen molar-refractivity contribution in [2.24, 2.45) is 10.2 Å². The van der Waals surface area contributed by atoms with Crippen LogP contribution in [0.25, 0.3) is 0 Å². The summed E-state index contributed by atoms with van der Waals surface area (Å²) in [6.07, 6.45) is 2.71. The van der Waals surface area contributed by atoms with Gasteiger partial charge in [0.05, 0.1) is 21.3 Å². The molecule has 6 aromatic carbocycles. The zero-order chi connectivity index (χ0) is 48.1. The molecule has 0 aliphatic carbocycles. The van der Waals surface area contributed by atoms with Gasteiger partial charge in [-0.15, -0.1) is 20.4 Å². The molecule has 2 aliphatic rings. The molecule has 2 unspecified atom stereocenters. The molecule has 0 spiro atoms. The Morgan fingerprint density at radius 2 is 0.886 bits per heavy atom. The molecule has 0 saturated heterocycles. The minimum absolute atomic E-state index is 0.0279. The Labute approximate surface area is 418 Å². The number of nitro benzene ring substituents is 2. The topological polar surface area (TPSA) is 191 Å². The number of benzene rings is 6. The molecule has 0 N–H and O–H groups in total.